The van der Waals surface area contributed by atoms with E-state index in [1.807, 2.05) is 11.9 Å². The molecule has 16 heteroatoms. The summed E-state index contributed by atoms with van der Waals surface area (Å²) in [5.41, 5.74) is 0.224. The van der Waals surface area contributed by atoms with Crippen molar-refractivity contribution in [1.29, 1.82) is 0 Å². The van der Waals surface area contributed by atoms with E-state index in [0.717, 1.165) is 0 Å². The number of aliphatic hydroxyl groups is 1. The van der Waals surface area contributed by atoms with Crippen molar-refractivity contribution in [2.24, 2.45) is 0 Å². The van der Waals surface area contributed by atoms with E-state index in [9.17, 15) is 21.9 Å². The van der Waals surface area contributed by atoms with Crippen molar-refractivity contribution in [2.45, 2.75) is 46.8 Å². The fraction of sp³-hybridized carbons (Fsp3) is 0.607. The first-order valence-corrected chi connectivity index (χ1v) is 17.5. The summed E-state index contributed by atoms with van der Waals surface area (Å²) in [5.74, 6) is 1.12. The molecule has 0 unspecified atom stereocenters. The first kappa shape index (κ1) is 32.7. The van der Waals surface area contributed by atoms with Crippen LogP contribution in [0.25, 0.3) is 0 Å². The van der Waals surface area contributed by atoms with Crippen molar-refractivity contribution in [2.75, 3.05) is 84.0 Å². The molecular weight excluding hydrogens is 612 g/mol. The number of benzene rings is 1. The summed E-state index contributed by atoms with van der Waals surface area (Å²) in [6.07, 6.45) is 0.981. The summed E-state index contributed by atoms with van der Waals surface area (Å²) in [5, 5.41) is 13.8. The predicted molar refractivity (Wildman–Crippen MR) is 165 cm³/mol. The molecule has 2 aromatic rings. The number of fused-ring (bicyclic) bond motifs is 1. The molecule has 2 saturated heterocycles. The van der Waals surface area contributed by atoms with Crippen LogP contribution in [0.1, 0.15) is 19.3 Å². The molecule has 1 spiro atoms. The van der Waals surface area contributed by atoms with Crippen LogP contribution in [0.4, 0.5) is 11.5 Å². The number of hydrogen-bond donors (Lipinski definition) is 3. The number of piperidine rings is 1. The molecule has 244 valence electrons. The van der Waals surface area contributed by atoms with E-state index < -0.39 is 31.8 Å². The largest absolute Gasteiger partial charge is 0.491 e. The zero-order valence-corrected chi connectivity index (χ0v) is 27.2. The van der Waals surface area contributed by atoms with E-state index in [0.29, 0.717) is 75.2 Å². The van der Waals surface area contributed by atoms with Gasteiger partial charge in [-0.2, -0.15) is 9.29 Å². The number of rotatable bonds is 11. The fourth-order valence-corrected chi connectivity index (χ4v) is 8.17. The molecule has 3 N–H and O–H groups in total. The highest BCUT2D eigenvalue weighted by atomic mass is 32.2. The highest BCUT2D eigenvalue weighted by Gasteiger charge is 2.45. The standard InChI is InChI=1S/C28H42N6O8S2/c1-29-43(36,37)23-7-5-6-22(14-23)41-19-21(35)17-30-20-16-28(42-18-20)8-10-34(11-9-28)44(38,39)25-15-24-27(31-26(25)32(2)3)40-13-12-33(24)4/h5-7,14-15,20-21,29-30,35H,8-13,16-19H2,1-4H3/t20-,21+/m1/s1. The van der Waals surface area contributed by atoms with Crippen LogP contribution in [-0.2, 0) is 24.8 Å². The zero-order valence-electron chi connectivity index (χ0n) is 25.5. The minimum Gasteiger partial charge on any atom is -0.491 e. The second-order valence-electron chi connectivity index (χ2n) is 11.7. The number of sulfonamides is 2. The molecule has 3 aliphatic rings. The van der Waals surface area contributed by atoms with Crippen molar-refractivity contribution in [3.05, 3.63) is 30.3 Å². The summed E-state index contributed by atoms with van der Waals surface area (Å²) in [4.78, 5) is 8.44. The Hall–Kier alpha value is -2.73. The highest BCUT2D eigenvalue weighted by molar-refractivity contribution is 7.89. The van der Waals surface area contributed by atoms with E-state index in [-0.39, 0.29) is 29.0 Å². The van der Waals surface area contributed by atoms with Crippen molar-refractivity contribution in [3.63, 3.8) is 0 Å². The lowest BCUT2D eigenvalue weighted by Gasteiger charge is -2.38. The summed E-state index contributed by atoms with van der Waals surface area (Å²) >= 11 is 0. The molecule has 2 atom stereocenters. The summed E-state index contributed by atoms with van der Waals surface area (Å²) in [6, 6.07) is 7.74. The number of anilines is 2. The van der Waals surface area contributed by atoms with Gasteiger partial charge in [0.25, 0.3) is 0 Å². The smallest absolute Gasteiger partial charge is 0.246 e. The van der Waals surface area contributed by atoms with Gasteiger partial charge >= 0.3 is 0 Å². The first-order chi connectivity index (χ1) is 20.8. The molecule has 1 aromatic heterocycles. The van der Waals surface area contributed by atoms with Crippen LogP contribution in [0.3, 0.4) is 0 Å². The molecule has 5 rings (SSSR count). The van der Waals surface area contributed by atoms with Crippen LogP contribution in [0.15, 0.2) is 40.1 Å². The third kappa shape index (κ3) is 6.90. The number of pyridine rings is 1. The van der Waals surface area contributed by atoms with E-state index in [1.165, 1.54) is 23.5 Å². The van der Waals surface area contributed by atoms with Gasteiger partial charge in [0.15, 0.2) is 5.82 Å². The Morgan fingerprint density at radius 2 is 1.93 bits per heavy atom. The Morgan fingerprint density at radius 1 is 1.18 bits per heavy atom. The third-order valence-corrected chi connectivity index (χ3v) is 11.7. The van der Waals surface area contributed by atoms with E-state index >= 15 is 0 Å². The molecular formula is C28H42N6O8S2. The maximum absolute atomic E-state index is 13.9. The Labute approximate surface area is 259 Å². The lowest BCUT2D eigenvalue weighted by molar-refractivity contribution is -0.0312. The molecule has 0 amide bonds. The minimum atomic E-state index is -3.83. The molecule has 0 saturated carbocycles. The second kappa shape index (κ2) is 12.9. The first-order valence-electron chi connectivity index (χ1n) is 14.6. The average Bonchev–Trinajstić information content (AvgIpc) is 3.40. The highest BCUT2D eigenvalue weighted by Crippen LogP contribution is 2.40. The summed E-state index contributed by atoms with van der Waals surface area (Å²) < 4.78 is 73.1. The van der Waals surface area contributed by atoms with Gasteiger partial charge in [-0.1, -0.05) is 6.07 Å². The van der Waals surface area contributed by atoms with Gasteiger partial charge in [-0.05, 0) is 44.5 Å². The normalized spacial score (nSPS) is 21.1. The van der Waals surface area contributed by atoms with Gasteiger partial charge in [-0.15, -0.1) is 0 Å². The van der Waals surface area contributed by atoms with Crippen LogP contribution in [-0.4, -0.2) is 123 Å². The molecule has 2 fully saturated rings. The minimum absolute atomic E-state index is 0.00219. The van der Waals surface area contributed by atoms with Crippen LogP contribution in [0, 0.1) is 0 Å². The predicted octanol–water partition coefficient (Wildman–Crippen LogP) is 0.226. The average molecular weight is 655 g/mol. The number of nitrogens with zero attached hydrogens (tertiary/aromatic N) is 4. The Morgan fingerprint density at radius 3 is 2.64 bits per heavy atom. The Balaban J connectivity index is 1.14. The second-order valence-corrected chi connectivity index (χ2v) is 15.4. The third-order valence-electron chi connectivity index (χ3n) is 8.34. The van der Waals surface area contributed by atoms with Crippen molar-refractivity contribution in [1.82, 2.24) is 19.3 Å². The van der Waals surface area contributed by atoms with Gasteiger partial charge in [0.1, 0.15) is 35.7 Å². The van der Waals surface area contributed by atoms with E-state index in [2.05, 4.69) is 15.0 Å². The van der Waals surface area contributed by atoms with Crippen molar-refractivity contribution in [3.8, 4) is 11.6 Å². The molecule has 14 nitrogen and oxygen atoms in total. The molecule has 1 aromatic carbocycles. The Kier molecular flexibility index (Phi) is 9.61. The zero-order chi connectivity index (χ0) is 31.7. The number of ether oxygens (including phenoxy) is 3. The van der Waals surface area contributed by atoms with Crippen molar-refractivity contribution < 1.29 is 36.2 Å². The quantitative estimate of drug-likeness (QED) is 0.303. The van der Waals surface area contributed by atoms with Crippen LogP contribution >= 0.6 is 0 Å². The van der Waals surface area contributed by atoms with Gasteiger partial charge in [0.05, 0.1) is 23.6 Å². The number of hydrogen-bond acceptors (Lipinski definition) is 12. The molecule has 0 bridgehead atoms. The topological polar surface area (TPSA) is 163 Å². The summed E-state index contributed by atoms with van der Waals surface area (Å²) in [7, 11) is -0.656. The van der Waals surface area contributed by atoms with Crippen LogP contribution in [0.2, 0.25) is 0 Å². The van der Waals surface area contributed by atoms with Gasteiger partial charge in [0.2, 0.25) is 25.9 Å². The number of nitrogens with one attached hydrogen (secondary N) is 2. The van der Waals surface area contributed by atoms with Gasteiger partial charge in [-0.25, -0.2) is 21.6 Å². The molecule has 0 radical (unpaired) electrons. The van der Waals surface area contributed by atoms with Gasteiger partial charge < -0.3 is 34.4 Å². The fourth-order valence-electron chi connectivity index (χ4n) is 5.75. The summed E-state index contributed by atoms with van der Waals surface area (Å²) in [6.45, 7) is 2.48. The maximum atomic E-state index is 13.9. The molecule has 4 heterocycles. The van der Waals surface area contributed by atoms with Gasteiger partial charge in [-0.3, -0.25) is 0 Å². The number of likely N-dealkylation sites (N-methyl/N-ethyl adjacent to an activating group) is 1. The monoisotopic (exact) mass is 654 g/mol. The van der Waals surface area contributed by atoms with Gasteiger partial charge in [0, 0.05) is 52.9 Å². The molecule has 44 heavy (non-hydrogen) atoms. The molecule has 3 aliphatic heterocycles. The Bertz CT molecular complexity index is 1550. The maximum Gasteiger partial charge on any atom is 0.246 e. The lowest BCUT2D eigenvalue weighted by atomic mass is 9.88. The van der Waals surface area contributed by atoms with E-state index in [4.69, 9.17) is 14.2 Å². The molecule has 0 aliphatic carbocycles. The van der Waals surface area contributed by atoms with Crippen molar-refractivity contribution >= 4 is 31.6 Å². The lowest BCUT2D eigenvalue weighted by Crippen LogP contribution is -2.47. The van der Waals surface area contributed by atoms with E-state index in [1.54, 1.807) is 37.2 Å². The van der Waals surface area contributed by atoms with Crippen LogP contribution < -0.4 is 29.3 Å². The number of aromatic nitrogens is 1. The van der Waals surface area contributed by atoms with Crippen LogP contribution in [0.5, 0.6) is 11.6 Å². The number of aliphatic hydroxyl groups excluding tert-OH is 1. The SMILES string of the molecule is CNS(=O)(=O)c1cccc(OC[C@@H](O)CN[C@H]2COC3(CCN(S(=O)(=O)c4cc5c(nc4N(C)C)OCCN5C)CC3)C2)c1.